The topological polar surface area (TPSA) is 98.5 Å². The number of hydrogen-bond donors (Lipinski definition) is 2. The molecule has 0 spiro atoms. The van der Waals surface area contributed by atoms with Crippen molar-refractivity contribution in [2.45, 2.75) is 31.2 Å². The fraction of sp³-hybridized carbons (Fsp3) is 0.462. The third kappa shape index (κ3) is 4.98. The molecule has 118 valence electrons. The number of nitrogen functional groups attached to an aromatic ring is 1. The zero-order chi connectivity index (χ0) is 16.2. The summed E-state index contributed by atoms with van der Waals surface area (Å²) in [6.45, 7) is 3.77. The van der Waals surface area contributed by atoms with E-state index in [9.17, 15) is 13.2 Å². The normalized spacial score (nSPS) is 13.2. The predicted octanol–water partition coefficient (Wildman–Crippen LogP) is 1.90. The maximum atomic E-state index is 12.4. The SMILES string of the molecule is COC(=O)C(CC(C)C)NS(=O)(=O)c1ccc(Br)cc1N. The van der Waals surface area contributed by atoms with Crippen molar-refractivity contribution in [1.82, 2.24) is 4.72 Å². The van der Waals surface area contributed by atoms with Gasteiger partial charge in [0, 0.05) is 4.47 Å². The molecule has 0 saturated heterocycles. The summed E-state index contributed by atoms with van der Waals surface area (Å²) < 4.78 is 32.4. The molecule has 3 N–H and O–H groups in total. The molecule has 0 bridgehead atoms. The number of ether oxygens (including phenoxy) is 1. The first-order valence-electron chi connectivity index (χ1n) is 6.32. The van der Waals surface area contributed by atoms with E-state index >= 15 is 0 Å². The summed E-state index contributed by atoms with van der Waals surface area (Å²) in [7, 11) is -2.68. The number of benzene rings is 1. The molecule has 1 unspecified atom stereocenters. The number of hydrogen-bond acceptors (Lipinski definition) is 5. The van der Waals surface area contributed by atoms with Crippen LogP contribution in [0.1, 0.15) is 20.3 Å². The van der Waals surface area contributed by atoms with Crippen LogP contribution in [0.2, 0.25) is 0 Å². The van der Waals surface area contributed by atoms with Crippen LogP contribution in [0, 0.1) is 5.92 Å². The smallest absolute Gasteiger partial charge is 0.323 e. The number of carbonyl (C=O) groups excluding carboxylic acids is 1. The second kappa shape index (κ2) is 7.24. The van der Waals surface area contributed by atoms with Crippen molar-refractivity contribution in [2.75, 3.05) is 12.8 Å². The van der Waals surface area contributed by atoms with Gasteiger partial charge in [0.05, 0.1) is 12.8 Å². The monoisotopic (exact) mass is 378 g/mol. The fourth-order valence-electron chi connectivity index (χ4n) is 1.82. The van der Waals surface area contributed by atoms with E-state index in [2.05, 4.69) is 25.4 Å². The number of nitrogens with two attached hydrogens (primary N) is 1. The lowest BCUT2D eigenvalue weighted by molar-refractivity contribution is -0.143. The zero-order valence-corrected chi connectivity index (χ0v) is 14.5. The van der Waals surface area contributed by atoms with Gasteiger partial charge in [-0.05, 0) is 30.5 Å². The van der Waals surface area contributed by atoms with Crippen LogP contribution >= 0.6 is 15.9 Å². The van der Waals surface area contributed by atoms with E-state index in [0.29, 0.717) is 10.9 Å². The van der Waals surface area contributed by atoms with Crippen LogP contribution in [0.3, 0.4) is 0 Å². The van der Waals surface area contributed by atoms with Gasteiger partial charge < -0.3 is 10.5 Å². The van der Waals surface area contributed by atoms with Crippen LogP contribution in [0.15, 0.2) is 27.6 Å². The Labute approximate surface area is 133 Å². The van der Waals surface area contributed by atoms with Gasteiger partial charge in [-0.15, -0.1) is 0 Å². The maximum absolute atomic E-state index is 12.4. The number of carbonyl (C=O) groups is 1. The number of sulfonamides is 1. The average molecular weight is 379 g/mol. The van der Waals surface area contributed by atoms with E-state index in [1.807, 2.05) is 13.8 Å². The molecule has 1 aromatic rings. The maximum Gasteiger partial charge on any atom is 0.323 e. The van der Waals surface area contributed by atoms with Crippen molar-refractivity contribution in [3.63, 3.8) is 0 Å². The van der Waals surface area contributed by atoms with Crippen LogP contribution in [0.25, 0.3) is 0 Å². The highest BCUT2D eigenvalue weighted by Gasteiger charge is 2.28. The summed E-state index contributed by atoms with van der Waals surface area (Å²) in [5, 5.41) is 0. The van der Waals surface area contributed by atoms with Crippen molar-refractivity contribution in [3.8, 4) is 0 Å². The summed E-state index contributed by atoms with van der Waals surface area (Å²) in [6, 6.07) is 3.50. The summed E-state index contributed by atoms with van der Waals surface area (Å²) in [4.78, 5) is 11.6. The molecule has 0 fully saturated rings. The molecule has 0 aromatic heterocycles. The molecule has 8 heteroatoms. The first-order chi connectivity index (χ1) is 9.67. The van der Waals surface area contributed by atoms with Gasteiger partial charge in [0.1, 0.15) is 10.9 Å². The lowest BCUT2D eigenvalue weighted by Gasteiger charge is -2.19. The Morgan fingerprint density at radius 2 is 2.05 bits per heavy atom. The lowest BCUT2D eigenvalue weighted by atomic mass is 10.1. The summed E-state index contributed by atoms with van der Waals surface area (Å²) in [5.41, 5.74) is 5.83. The Morgan fingerprint density at radius 1 is 1.43 bits per heavy atom. The zero-order valence-electron chi connectivity index (χ0n) is 12.1. The van der Waals surface area contributed by atoms with E-state index < -0.39 is 22.0 Å². The molecule has 0 radical (unpaired) electrons. The number of halogens is 1. The number of methoxy groups -OCH3 is 1. The van der Waals surface area contributed by atoms with Crippen LogP contribution in [-0.2, 0) is 19.6 Å². The molecule has 0 aliphatic carbocycles. The van der Waals surface area contributed by atoms with Gasteiger partial charge >= 0.3 is 5.97 Å². The molecule has 0 amide bonds. The van der Waals surface area contributed by atoms with Crippen LogP contribution < -0.4 is 10.5 Å². The highest BCUT2D eigenvalue weighted by molar-refractivity contribution is 9.10. The third-order valence-electron chi connectivity index (χ3n) is 2.75. The molecule has 1 rings (SSSR count). The van der Waals surface area contributed by atoms with Gasteiger partial charge in [0.15, 0.2) is 0 Å². The van der Waals surface area contributed by atoms with Crippen molar-refractivity contribution in [1.29, 1.82) is 0 Å². The number of esters is 1. The highest BCUT2D eigenvalue weighted by atomic mass is 79.9. The van der Waals surface area contributed by atoms with Crippen molar-refractivity contribution in [3.05, 3.63) is 22.7 Å². The van der Waals surface area contributed by atoms with Crippen molar-refractivity contribution >= 4 is 37.6 Å². The fourth-order valence-corrected chi connectivity index (χ4v) is 3.51. The van der Waals surface area contributed by atoms with Crippen LogP contribution in [-0.4, -0.2) is 27.5 Å². The second-order valence-electron chi connectivity index (χ2n) is 5.01. The minimum atomic E-state index is -3.90. The summed E-state index contributed by atoms with van der Waals surface area (Å²) in [6.07, 6.45) is 0.336. The molecule has 6 nitrogen and oxygen atoms in total. The van der Waals surface area contributed by atoms with Gasteiger partial charge in [-0.25, -0.2) is 8.42 Å². The standard InChI is InChI=1S/C13H19BrN2O4S/c1-8(2)6-11(13(17)20-3)16-21(18,19)12-5-4-9(14)7-10(12)15/h4-5,7-8,11,16H,6,15H2,1-3H3. The second-order valence-corrected chi connectivity index (χ2v) is 7.61. The Morgan fingerprint density at radius 3 is 2.52 bits per heavy atom. The van der Waals surface area contributed by atoms with E-state index in [4.69, 9.17) is 5.73 Å². The Bertz CT molecular complexity index is 617. The van der Waals surface area contributed by atoms with E-state index in [1.54, 1.807) is 6.07 Å². The minimum Gasteiger partial charge on any atom is -0.468 e. The van der Waals surface area contributed by atoms with Gasteiger partial charge in [-0.3, -0.25) is 4.79 Å². The number of nitrogens with one attached hydrogen (secondary N) is 1. The van der Waals surface area contributed by atoms with E-state index in [-0.39, 0.29) is 16.5 Å². The highest BCUT2D eigenvalue weighted by Crippen LogP contribution is 2.23. The van der Waals surface area contributed by atoms with Crippen LogP contribution in [0.5, 0.6) is 0 Å². The Kier molecular flexibility index (Phi) is 6.18. The van der Waals surface area contributed by atoms with Gasteiger partial charge in [-0.2, -0.15) is 4.72 Å². The summed E-state index contributed by atoms with van der Waals surface area (Å²) >= 11 is 3.21. The molecular formula is C13H19BrN2O4S. The molecule has 0 saturated carbocycles. The molecule has 0 aliphatic rings. The molecule has 0 aliphatic heterocycles. The Balaban J connectivity index is 3.08. The largest absolute Gasteiger partial charge is 0.468 e. The van der Waals surface area contributed by atoms with E-state index in [0.717, 1.165) is 0 Å². The summed E-state index contributed by atoms with van der Waals surface area (Å²) in [5.74, 6) is -0.498. The minimum absolute atomic E-state index is 0.0663. The average Bonchev–Trinajstić information content (AvgIpc) is 2.35. The molecular weight excluding hydrogens is 360 g/mol. The van der Waals surface area contributed by atoms with Gasteiger partial charge in [0.2, 0.25) is 10.0 Å². The first kappa shape index (κ1) is 17.9. The molecule has 0 heterocycles. The third-order valence-corrected chi connectivity index (χ3v) is 4.79. The molecule has 1 atom stereocenters. The molecule has 21 heavy (non-hydrogen) atoms. The van der Waals surface area contributed by atoms with Crippen molar-refractivity contribution < 1.29 is 17.9 Å². The Hall–Kier alpha value is -1.12. The molecule has 1 aromatic carbocycles. The number of anilines is 1. The first-order valence-corrected chi connectivity index (χ1v) is 8.60. The van der Waals surface area contributed by atoms with Crippen LogP contribution in [0.4, 0.5) is 5.69 Å². The van der Waals surface area contributed by atoms with Gasteiger partial charge in [0.25, 0.3) is 0 Å². The van der Waals surface area contributed by atoms with E-state index in [1.165, 1.54) is 19.2 Å². The predicted molar refractivity (Wildman–Crippen MR) is 84.1 cm³/mol. The number of rotatable bonds is 6. The lowest BCUT2D eigenvalue weighted by Crippen LogP contribution is -2.42. The quantitative estimate of drug-likeness (QED) is 0.581. The van der Waals surface area contributed by atoms with Crippen molar-refractivity contribution in [2.24, 2.45) is 5.92 Å². The van der Waals surface area contributed by atoms with Gasteiger partial charge in [-0.1, -0.05) is 29.8 Å².